The van der Waals surface area contributed by atoms with Gasteiger partial charge in [0.05, 0.1) is 0 Å². The molecule has 0 amide bonds. The van der Waals surface area contributed by atoms with Crippen LogP contribution < -0.4 is 10.4 Å². The van der Waals surface area contributed by atoms with E-state index in [1.807, 2.05) is 19.2 Å². The Morgan fingerprint density at radius 1 is 0.889 bits per heavy atom. The summed E-state index contributed by atoms with van der Waals surface area (Å²) in [6.45, 7) is 3.12. The van der Waals surface area contributed by atoms with Crippen LogP contribution in [0.5, 0.6) is 0 Å². The molecule has 0 aliphatic carbocycles. The van der Waals surface area contributed by atoms with E-state index in [-0.39, 0.29) is 0 Å². The Labute approximate surface area is 130 Å². The van der Waals surface area contributed by atoms with Gasteiger partial charge in [0.15, 0.2) is 0 Å². The van der Waals surface area contributed by atoms with Crippen molar-refractivity contribution in [2.24, 2.45) is 0 Å². The van der Waals surface area contributed by atoms with Gasteiger partial charge >= 0.3 is 0 Å². The van der Waals surface area contributed by atoms with Gasteiger partial charge in [0.1, 0.15) is 0 Å². The highest BCUT2D eigenvalue weighted by atomic mass is 35.7. The molecule has 1 rings (SSSR count). The number of aryl methyl sites for hydroxylation is 1. The Kier molecular flexibility index (Phi) is 5.68. The lowest BCUT2D eigenvalue weighted by Gasteiger charge is -2.26. The van der Waals surface area contributed by atoms with Gasteiger partial charge in [-0.2, -0.15) is 0 Å². The summed E-state index contributed by atoms with van der Waals surface area (Å²) in [5.41, 5.74) is 2.54. The summed E-state index contributed by atoms with van der Waals surface area (Å²) in [7, 11) is 0. The molecule has 0 unspecified atom stereocenters. The number of halogens is 4. The summed E-state index contributed by atoms with van der Waals surface area (Å²) < 4.78 is 0. The maximum atomic E-state index is 6.49. The van der Waals surface area contributed by atoms with Crippen LogP contribution in [-0.4, -0.2) is 13.4 Å². The van der Waals surface area contributed by atoms with E-state index in [1.165, 1.54) is 11.1 Å². The van der Waals surface area contributed by atoms with Gasteiger partial charge in [-0.25, -0.2) is 0 Å². The molecule has 0 saturated carbocycles. The normalized spacial score (nSPS) is 12.9. The second kappa shape index (κ2) is 6.07. The minimum absolute atomic E-state index is 0.909. The monoisotopic (exact) mass is 358 g/mol. The first-order valence-corrected chi connectivity index (χ1v) is 15.1. The zero-order valence-electron chi connectivity index (χ0n) is 11.1. The largest absolute Gasteiger partial charge is 0.278 e. The number of hydrogen-bond donors (Lipinski definition) is 0. The first-order chi connectivity index (χ1) is 8.12. The zero-order chi connectivity index (χ0) is 14.1. The number of hydrogen-bond acceptors (Lipinski definition) is 0. The molecule has 6 heteroatoms. The van der Waals surface area contributed by atoms with Crippen molar-refractivity contribution in [3.05, 3.63) is 23.3 Å². The smallest absolute Gasteiger partial charge is 0.140 e. The molecule has 0 radical (unpaired) electrons. The van der Waals surface area contributed by atoms with E-state index >= 15 is 0 Å². The van der Waals surface area contributed by atoms with E-state index in [0.29, 0.717) is 0 Å². The standard InChI is InChI=1S/C12H18Cl4Si2/c1-5-9-7-8-11(17(3,13)14)12(10(9)6-2)18(4,15)16/h7-8H,5-6H2,1-4H3. The third-order valence-electron chi connectivity index (χ3n) is 3.06. The summed E-state index contributed by atoms with van der Waals surface area (Å²) in [5.74, 6) is 0. The molecule has 0 atom stereocenters. The first kappa shape index (κ1) is 16.9. The Hall–Kier alpha value is 0.814. The first-order valence-electron chi connectivity index (χ1n) is 6.04. The van der Waals surface area contributed by atoms with Crippen LogP contribution in [-0.2, 0) is 12.8 Å². The van der Waals surface area contributed by atoms with Crippen molar-refractivity contribution in [3.63, 3.8) is 0 Å². The molecule has 1 aromatic carbocycles. The zero-order valence-corrected chi connectivity index (χ0v) is 16.1. The molecule has 18 heavy (non-hydrogen) atoms. The van der Waals surface area contributed by atoms with Crippen molar-refractivity contribution in [3.8, 4) is 0 Å². The number of benzene rings is 1. The van der Waals surface area contributed by atoms with Gasteiger partial charge in [0.2, 0.25) is 0 Å². The van der Waals surface area contributed by atoms with Crippen molar-refractivity contribution in [2.75, 3.05) is 0 Å². The fourth-order valence-corrected chi connectivity index (χ4v) is 9.37. The minimum atomic E-state index is -2.49. The van der Waals surface area contributed by atoms with Crippen LogP contribution in [0.2, 0.25) is 13.1 Å². The molecule has 0 aromatic heterocycles. The molecular formula is C12H18Cl4Si2. The Bertz CT molecular complexity index is 433. The highest BCUT2D eigenvalue weighted by Gasteiger charge is 2.37. The molecule has 0 bridgehead atoms. The highest BCUT2D eigenvalue weighted by molar-refractivity contribution is 7.55. The van der Waals surface area contributed by atoms with Crippen LogP contribution in [0.15, 0.2) is 12.1 Å². The molecule has 102 valence electrons. The van der Waals surface area contributed by atoms with E-state index in [0.717, 1.165) is 23.2 Å². The highest BCUT2D eigenvalue weighted by Crippen LogP contribution is 2.23. The lowest BCUT2D eigenvalue weighted by molar-refractivity contribution is 1.05. The fourth-order valence-electron chi connectivity index (χ4n) is 2.29. The molecule has 0 heterocycles. The SMILES string of the molecule is CCc1ccc([Si](C)(Cl)Cl)c([Si](C)(Cl)Cl)c1CC. The maximum absolute atomic E-state index is 6.49. The van der Waals surface area contributed by atoms with E-state index in [4.69, 9.17) is 44.3 Å². The van der Waals surface area contributed by atoms with Crippen LogP contribution in [0.1, 0.15) is 25.0 Å². The average molecular weight is 360 g/mol. The molecule has 0 aliphatic heterocycles. The molecule has 0 aliphatic rings. The molecular weight excluding hydrogens is 342 g/mol. The summed E-state index contributed by atoms with van der Waals surface area (Å²) in [4.78, 5) is 0. The Balaban J connectivity index is 3.66. The summed E-state index contributed by atoms with van der Waals surface area (Å²) in [6, 6.07) is 4.14. The topological polar surface area (TPSA) is 0 Å². The third kappa shape index (κ3) is 3.68. The summed E-state index contributed by atoms with van der Waals surface area (Å²) in [6.07, 6.45) is 1.88. The van der Waals surface area contributed by atoms with Crippen molar-refractivity contribution in [1.29, 1.82) is 0 Å². The average Bonchev–Trinajstić information content (AvgIpc) is 2.24. The number of rotatable bonds is 4. The summed E-state index contributed by atoms with van der Waals surface area (Å²) in [5, 5.41) is 2.03. The molecule has 0 fully saturated rings. The molecule has 0 nitrogen and oxygen atoms in total. The quantitative estimate of drug-likeness (QED) is 0.554. The second-order valence-electron chi connectivity index (χ2n) is 4.61. The van der Waals surface area contributed by atoms with Gasteiger partial charge in [0.25, 0.3) is 13.4 Å². The lowest BCUT2D eigenvalue weighted by Crippen LogP contribution is -2.54. The maximum Gasteiger partial charge on any atom is 0.278 e. The van der Waals surface area contributed by atoms with E-state index in [2.05, 4.69) is 19.9 Å². The van der Waals surface area contributed by atoms with Crippen LogP contribution in [0.3, 0.4) is 0 Å². The third-order valence-corrected chi connectivity index (χ3v) is 8.47. The molecule has 0 N–H and O–H groups in total. The molecule has 0 spiro atoms. The van der Waals surface area contributed by atoms with E-state index in [9.17, 15) is 0 Å². The van der Waals surface area contributed by atoms with Crippen LogP contribution >= 0.6 is 44.3 Å². The van der Waals surface area contributed by atoms with E-state index in [1.54, 1.807) is 0 Å². The van der Waals surface area contributed by atoms with Crippen LogP contribution in [0, 0.1) is 0 Å². The van der Waals surface area contributed by atoms with Gasteiger partial charge in [-0.15, -0.1) is 44.3 Å². The minimum Gasteiger partial charge on any atom is -0.140 e. The van der Waals surface area contributed by atoms with Crippen molar-refractivity contribution < 1.29 is 0 Å². The predicted molar refractivity (Wildman–Crippen MR) is 91.1 cm³/mol. The Morgan fingerprint density at radius 3 is 1.78 bits per heavy atom. The van der Waals surface area contributed by atoms with Crippen LogP contribution in [0.4, 0.5) is 0 Å². The fraction of sp³-hybridized carbons (Fsp3) is 0.500. The van der Waals surface area contributed by atoms with Gasteiger partial charge in [0, 0.05) is 0 Å². The second-order valence-corrected chi connectivity index (χ2v) is 19.4. The molecule has 1 aromatic rings. The van der Waals surface area contributed by atoms with Gasteiger partial charge < -0.3 is 0 Å². The molecule has 0 saturated heterocycles. The van der Waals surface area contributed by atoms with Gasteiger partial charge in [-0.05, 0) is 47.4 Å². The van der Waals surface area contributed by atoms with Gasteiger partial charge in [-0.3, -0.25) is 0 Å². The van der Waals surface area contributed by atoms with Crippen molar-refractivity contribution in [1.82, 2.24) is 0 Å². The van der Waals surface area contributed by atoms with Gasteiger partial charge in [-0.1, -0.05) is 26.0 Å². The van der Waals surface area contributed by atoms with Crippen molar-refractivity contribution >= 4 is 68.1 Å². The van der Waals surface area contributed by atoms with Crippen molar-refractivity contribution in [2.45, 2.75) is 39.8 Å². The lowest BCUT2D eigenvalue weighted by atomic mass is 10.0. The van der Waals surface area contributed by atoms with E-state index < -0.39 is 13.4 Å². The predicted octanol–water partition coefficient (Wildman–Crippen LogP) is 4.32. The van der Waals surface area contributed by atoms with Crippen LogP contribution in [0.25, 0.3) is 0 Å². The summed E-state index contributed by atoms with van der Waals surface area (Å²) >= 11 is 25.8. The Morgan fingerprint density at radius 2 is 1.44 bits per heavy atom.